The van der Waals surface area contributed by atoms with Crippen molar-refractivity contribution < 1.29 is 9.15 Å². The summed E-state index contributed by atoms with van der Waals surface area (Å²) in [7, 11) is 1.66. The summed E-state index contributed by atoms with van der Waals surface area (Å²) in [4.78, 5) is 0. The van der Waals surface area contributed by atoms with E-state index >= 15 is 0 Å². The van der Waals surface area contributed by atoms with Gasteiger partial charge in [0.25, 0.3) is 0 Å². The second-order valence-corrected chi connectivity index (χ2v) is 4.70. The van der Waals surface area contributed by atoms with Crippen molar-refractivity contribution in [2.24, 2.45) is 0 Å². The van der Waals surface area contributed by atoms with Crippen molar-refractivity contribution in [1.29, 1.82) is 0 Å². The van der Waals surface area contributed by atoms with Crippen molar-refractivity contribution in [3.05, 3.63) is 33.1 Å². The molecular weight excluding hydrogens is 326 g/mol. The molecule has 0 aliphatic rings. The zero-order valence-electron chi connectivity index (χ0n) is 8.22. The third-order valence-electron chi connectivity index (χ3n) is 2.12. The minimum atomic E-state index is 0.501. The van der Waals surface area contributed by atoms with Crippen molar-refractivity contribution >= 4 is 45.2 Å². The first kappa shape index (κ1) is 11.2. The van der Waals surface area contributed by atoms with E-state index in [1.54, 1.807) is 7.11 Å². The Labute approximate surface area is 107 Å². The molecular formula is C11H10ClIO2. The molecule has 15 heavy (non-hydrogen) atoms. The van der Waals surface area contributed by atoms with Gasteiger partial charge in [0.1, 0.15) is 18.0 Å². The van der Waals surface area contributed by atoms with Gasteiger partial charge in [0.05, 0.1) is 3.57 Å². The molecule has 0 amide bonds. The highest BCUT2D eigenvalue weighted by Gasteiger charge is 2.08. The first-order valence-corrected chi connectivity index (χ1v) is 6.11. The fourth-order valence-electron chi connectivity index (χ4n) is 1.51. The average Bonchev–Trinajstić information content (AvgIpc) is 2.61. The highest BCUT2D eigenvalue weighted by molar-refractivity contribution is 14.1. The molecule has 0 unspecified atom stereocenters. The topological polar surface area (TPSA) is 22.4 Å². The quantitative estimate of drug-likeness (QED) is 0.626. The molecule has 0 radical (unpaired) electrons. The van der Waals surface area contributed by atoms with Crippen LogP contribution in [0.2, 0.25) is 0 Å². The largest absolute Gasteiger partial charge is 0.457 e. The van der Waals surface area contributed by atoms with Crippen LogP contribution >= 0.6 is 34.2 Å². The summed E-state index contributed by atoms with van der Waals surface area (Å²) in [6.07, 6.45) is 0. The van der Waals surface area contributed by atoms with Crippen molar-refractivity contribution in [2.75, 3.05) is 7.11 Å². The Morgan fingerprint density at radius 1 is 1.40 bits per heavy atom. The molecule has 0 N–H and O–H groups in total. The maximum absolute atomic E-state index is 5.81. The molecule has 80 valence electrons. The zero-order chi connectivity index (χ0) is 10.8. The van der Waals surface area contributed by atoms with Crippen LogP contribution in [0.4, 0.5) is 0 Å². The van der Waals surface area contributed by atoms with E-state index in [0.29, 0.717) is 12.5 Å². The minimum absolute atomic E-state index is 0.501. The van der Waals surface area contributed by atoms with E-state index in [0.717, 1.165) is 25.9 Å². The van der Waals surface area contributed by atoms with Crippen LogP contribution < -0.4 is 0 Å². The SMILES string of the molecule is COCc1cc2cc(CCl)cc(I)c2o1. The van der Waals surface area contributed by atoms with Crippen LogP contribution in [0.15, 0.2) is 22.6 Å². The molecule has 0 aliphatic heterocycles. The number of hydrogen-bond donors (Lipinski definition) is 0. The Morgan fingerprint density at radius 3 is 2.87 bits per heavy atom. The van der Waals surface area contributed by atoms with Crippen molar-refractivity contribution in [1.82, 2.24) is 0 Å². The number of halogens is 2. The average molecular weight is 337 g/mol. The van der Waals surface area contributed by atoms with E-state index in [9.17, 15) is 0 Å². The number of methoxy groups -OCH3 is 1. The van der Waals surface area contributed by atoms with E-state index in [-0.39, 0.29) is 0 Å². The van der Waals surface area contributed by atoms with E-state index in [1.807, 2.05) is 18.2 Å². The molecule has 2 rings (SSSR count). The maximum Gasteiger partial charge on any atom is 0.147 e. The standard InChI is InChI=1S/C11H10ClIO2/c1-14-6-9-4-8-2-7(5-12)3-10(13)11(8)15-9/h2-4H,5-6H2,1H3. The molecule has 0 spiro atoms. The Bertz CT molecular complexity index is 479. The number of hydrogen-bond acceptors (Lipinski definition) is 2. The molecule has 0 aliphatic carbocycles. The smallest absolute Gasteiger partial charge is 0.147 e. The van der Waals surface area contributed by atoms with Gasteiger partial charge in [-0.2, -0.15) is 0 Å². The lowest BCUT2D eigenvalue weighted by Gasteiger charge is -1.97. The second kappa shape index (κ2) is 4.72. The van der Waals surface area contributed by atoms with Gasteiger partial charge in [-0.05, 0) is 46.4 Å². The van der Waals surface area contributed by atoms with Gasteiger partial charge in [0.2, 0.25) is 0 Å². The second-order valence-electron chi connectivity index (χ2n) is 3.28. The fourth-order valence-corrected chi connectivity index (χ4v) is 2.49. The Hall–Kier alpha value is -0.260. The summed E-state index contributed by atoms with van der Waals surface area (Å²) < 4.78 is 11.8. The van der Waals surface area contributed by atoms with E-state index in [2.05, 4.69) is 22.6 Å². The third-order valence-corrected chi connectivity index (χ3v) is 3.23. The van der Waals surface area contributed by atoms with Gasteiger partial charge in [0, 0.05) is 18.4 Å². The summed E-state index contributed by atoms with van der Waals surface area (Å²) >= 11 is 8.06. The predicted octanol–water partition coefficient (Wildman–Crippen LogP) is 3.92. The Morgan fingerprint density at radius 2 is 2.20 bits per heavy atom. The third kappa shape index (κ3) is 2.29. The van der Waals surface area contributed by atoms with Gasteiger partial charge in [-0.1, -0.05) is 0 Å². The normalized spacial score (nSPS) is 11.1. The molecule has 0 saturated carbocycles. The highest BCUT2D eigenvalue weighted by atomic mass is 127. The molecule has 0 fully saturated rings. The van der Waals surface area contributed by atoms with E-state index in [1.165, 1.54) is 0 Å². The molecule has 0 atom stereocenters. The summed E-state index contributed by atoms with van der Waals surface area (Å²) in [5.74, 6) is 1.37. The van der Waals surface area contributed by atoms with Gasteiger partial charge in [-0.25, -0.2) is 0 Å². The Balaban J connectivity index is 2.54. The molecule has 0 saturated heterocycles. The van der Waals surface area contributed by atoms with Crippen molar-refractivity contribution in [3.63, 3.8) is 0 Å². The molecule has 1 aromatic carbocycles. The first-order chi connectivity index (χ1) is 7.24. The van der Waals surface area contributed by atoms with Crippen LogP contribution in [-0.4, -0.2) is 7.11 Å². The van der Waals surface area contributed by atoms with Gasteiger partial charge in [-0.15, -0.1) is 11.6 Å². The molecule has 0 bridgehead atoms. The highest BCUT2D eigenvalue weighted by Crippen LogP contribution is 2.27. The number of benzene rings is 1. The molecule has 1 aromatic heterocycles. The summed E-state index contributed by atoms with van der Waals surface area (Å²) in [5.41, 5.74) is 2.02. The van der Waals surface area contributed by atoms with Gasteiger partial charge < -0.3 is 9.15 Å². The van der Waals surface area contributed by atoms with Gasteiger partial charge in [-0.3, -0.25) is 0 Å². The lowest BCUT2D eigenvalue weighted by Crippen LogP contribution is -1.81. The first-order valence-electron chi connectivity index (χ1n) is 4.50. The lowest BCUT2D eigenvalue weighted by atomic mass is 10.2. The van der Waals surface area contributed by atoms with Gasteiger partial charge in [0.15, 0.2) is 0 Å². The number of fused-ring (bicyclic) bond motifs is 1. The van der Waals surface area contributed by atoms with Crippen LogP contribution in [0, 0.1) is 3.57 Å². The van der Waals surface area contributed by atoms with Crippen molar-refractivity contribution in [3.8, 4) is 0 Å². The lowest BCUT2D eigenvalue weighted by molar-refractivity contribution is 0.166. The molecule has 1 heterocycles. The van der Waals surface area contributed by atoms with Gasteiger partial charge >= 0.3 is 0 Å². The number of alkyl halides is 1. The molecule has 2 aromatic rings. The van der Waals surface area contributed by atoms with Crippen LogP contribution in [0.25, 0.3) is 11.0 Å². The monoisotopic (exact) mass is 336 g/mol. The Kier molecular flexibility index (Phi) is 3.53. The number of furan rings is 1. The van der Waals surface area contributed by atoms with Crippen LogP contribution in [0.1, 0.15) is 11.3 Å². The summed E-state index contributed by atoms with van der Waals surface area (Å²) in [5, 5.41) is 1.09. The number of ether oxygens (including phenoxy) is 1. The molecule has 4 heteroatoms. The predicted molar refractivity (Wildman–Crippen MR) is 69.2 cm³/mol. The fraction of sp³-hybridized carbons (Fsp3) is 0.273. The zero-order valence-corrected chi connectivity index (χ0v) is 11.1. The summed E-state index contributed by atoms with van der Waals surface area (Å²) in [6, 6.07) is 6.08. The van der Waals surface area contributed by atoms with Crippen LogP contribution in [-0.2, 0) is 17.2 Å². The number of rotatable bonds is 3. The summed E-state index contributed by atoms with van der Waals surface area (Å²) in [6.45, 7) is 0.501. The van der Waals surface area contributed by atoms with Crippen LogP contribution in [0.3, 0.4) is 0 Å². The van der Waals surface area contributed by atoms with Crippen LogP contribution in [0.5, 0.6) is 0 Å². The van der Waals surface area contributed by atoms with E-state index < -0.39 is 0 Å². The molecule has 2 nitrogen and oxygen atoms in total. The van der Waals surface area contributed by atoms with E-state index in [4.69, 9.17) is 20.8 Å². The minimum Gasteiger partial charge on any atom is -0.457 e. The maximum atomic E-state index is 5.81. The van der Waals surface area contributed by atoms with Crippen molar-refractivity contribution in [2.45, 2.75) is 12.5 Å².